The number of carbonyl (C=O) groups is 1. The van der Waals surface area contributed by atoms with Crippen LogP contribution in [-0.4, -0.2) is 19.9 Å². The maximum Gasteiger partial charge on any atom is 0.334 e. The maximum absolute atomic E-state index is 14.2. The van der Waals surface area contributed by atoms with Gasteiger partial charge in [0.05, 0.1) is 0 Å². The topological polar surface area (TPSA) is 20.3 Å². The van der Waals surface area contributed by atoms with Crippen LogP contribution in [0.1, 0.15) is 15.9 Å². The van der Waals surface area contributed by atoms with Crippen molar-refractivity contribution in [3.05, 3.63) is 65.7 Å². The van der Waals surface area contributed by atoms with E-state index >= 15 is 0 Å². The summed E-state index contributed by atoms with van der Waals surface area (Å²) in [7, 11) is 3.64. The molecule has 0 amide bonds. The molecule has 0 bridgehead atoms. The molecule has 104 valence electrons. The van der Waals surface area contributed by atoms with E-state index in [1.807, 2.05) is 14.1 Å². The third-order valence-electron chi connectivity index (χ3n) is 3.07. The van der Waals surface area contributed by atoms with Gasteiger partial charge in [-0.3, -0.25) is 4.79 Å². The fourth-order valence-electron chi connectivity index (χ4n) is 1.87. The third kappa shape index (κ3) is 2.69. The first-order valence-corrected chi connectivity index (χ1v) is 6.18. The van der Waals surface area contributed by atoms with Crippen molar-refractivity contribution in [2.45, 2.75) is 5.92 Å². The van der Waals surface area contributed by atoms with Gasteiger partial charge in [0.2, 0.25) is 5.78 Å². The van der Waals surface area contributed by atoms with Gasteiger partial charge in [-0.1, -0.05) is 42.5 Å². The summed E-state index contributed by atoms with van der Waals surface area (Å²) in [5, 5.41) is 0. The van der Waals surface area contributed by atoms with Crippen LogP contribution in [0.3, 0.4) is 0 Å². The predicted octanol–water partition coefficient (Wildman–Crippen LogP) is 3.73. The van der Waals surface area contributed by atoms with Crippen molar-refractivity contribution >= 4 is 11.5 Å². The van der Waals surface area contributed by atoms with Gasteiger partial charge in [-0.05, 0) is 12.1 Å². The summed E-state index contributed by atoms with van der Waals surface area (Å²) < 4.78 is 28.4. The Morgan fingerprint density at radius 3 is 2.00 bits per heavy atom. The molecule has 0 radical (unpaired) electrons. The van der Waals surface area contributed by atoms with Gasteiger partial charge in [0.25, 0.3) is 0 Å². The Labute approximate surface area is 116 Å². The van der Waals surface area contributed by atoms with Crippen molar-refractivity contribution in [3.8, 4) is 0 Å². The molecule has 0 aliphatic rings. The van der Waals surface area contributed by atoms with Crippen molar-refractivity contribution < 1.29 is 13.6 Å². The normalized spacial score (nSPS) is 11.2. The quantitative estimate of drug-likeness (QED) is 0.792. The van der Waals surface area contributed by atoms with Crippen molar-refractivity contribution in [1.82, 2.24) is 0 Å². The number of alkyl halides is 2. The zero-order valence-electron chi connectivity index (χ0n) is 11.3. The monoisotopic (exact) mass is 275 g/mol. The highest BCUT2D eigenvalue weighted by molar-refractivity contribution is 6.01. The Morgan fingerprint density at radius 2 is 1.50 bits per heavy atom. The third-order valence-corrected chi connectivity index (χ3v) is 3.07. The number of rotatable bonds is 4. The molecule has 2 aromatic rings. The molecule has 2 aromatic carbocycles. The van der Waals surface area contributed by atoms with Crippen LogP contribution >= 0.6 is 0 Å². The van der Waals surface area contributed by atoms with E-state index in [1.165, 1.54) is 24.3 Å². The number of ketones is 1. The summed E-state index contributed by atoms with van der Waals surface area (Å²) >= 11 is 0. The lowest BCUT2D eigenvalue weighted by Gasteiger charge is -2.17. The van der Waals surface area contributed by atoms with Crippen molar-refractivity contribution in [3.63, 3.8) is 0 Å². The van der Waals surface area contributed by atoms with E-state index in [1.54, 1.807) is 35.2 Å². The van der Waals surface area contributed by atoms with Crippen LogP contribution in [0.25, 0.3) is 0 Å². The van der Waals surface area contributed by atoms with E-state index < -0.39 is 11.7 Å². The van der Waals surface area contributed by atoms with Crippen LogP contribution in [0.4, 0.5) is 14.5 Å². The second kappa shape index (κ2) is 5.41. The van der Waals surface area contributed by atoms with E-state index in [4.69, 9.17) is 0 Å². The first-order chi connectivity index (χ1) is 9.43. The highest BCUT2D eigenvalue weighted by atomic mass is 19.3. The van der Waals surface area contributed by atoms with E-state index in [2.05, 4.69) is 0 Å². The van der Waals surface area contributed by atoms with Crippen molar-refractivity contribution in [2.75, 3.05) is 19.0 Å². The molecule has 2 rings (SSSR count). The largest absolute Gasteiger partial charge is 0.378 e. The van der Waals surface area contributed by atoms with Gasteiger partial charge in [0, 0.05) is 30.9 Å². The maximum atomic E-state index is 14.2. The first kappa shape index (κ1) is 14.2. The summed E-state index contributed by atoms with van der Waals surface area (Å²) in [5.41, 5.74) is 0.517. The highest BCUT2D eigenvalue weighted by Crippen LogP contribution is 2.32. The summed E-state index contributed by atoms with van der Waals surface area (Å²) in [5.74, 6) is -4.71. The van der Waals surface area contributed by atoms with Gasteiger partial charge in [-0.15, -0.1) is 0 Å². The molecule has 0 atom stereocenters. The number of nitrogens with zero attached hydrogens (tertiary/aromatic N) is 1. The minimum Gasteiger partial charge on any atom is -0.378 e. The zero-order valence-corrected chi connectivity index (χ0v) is 11.3. The lowest BCUT2D eigenvalue weighted by molar-refractivity contribution is 0.00744. The van der Waals surface area contributed by atoms with Crippen LogP contribution in [0.2, 0.25) is 0 Å². The molecule has 0 heterocycles. The molecule has 0 spiro atoms. The molecule has 0 fully saturated rings. The summed E-state index contributed by atoms with van der Waals surface area (Å²) in [6.45, 7) is 0. The molecule has 0 aliphatic carbocycles. The number of Topliss-reactive ketones (excluding diaryl/α,β-unsaturated/α-hetero) is 1. The summed E-state index contributed by atoms with van der Waals surface area (Å²) in [6, 6.07) is 13.3. The average Bonchev–Trinajstić information content (AvgIpc) is 2.47. The van der Waals surface area contributed by atoms with Gasteiger partial charge >= 0.3 is 5.92 Å². The van der Waals surface area contributed by atoms with Crippen molar-refractivity contribution in [1.29, 1.82) is 0 Å². The number of halogens is 2. The molecular formula is C16H15F2NO. The molecule has 0 aliphatic heterocycles. The fourth-order valence-corrected chi connectivity index (χ4v) is 1.87. The van der Waals surface area contributed by atoms with Gasteiger partial charge in [0.15, 0.2) is 0 Å². The number of anilines is 1. The Kier molecular flexibility index (Phi) is 3.84. The Bertz CT molecular complexity index is 592. The first-order valence-electron chi connectivity index (χ1n) is 6.18. The second-order valence-corrected chi connectivity index (χ2v) is 4.71. The summed E-state index contributed by atoms with van der Waals surface area (Å²) in [6.07, 6.45) is 0. The zero-order chi connectivity index (χ0) is 14.8. The van der Waals surface area contributed by atoms with E-state index in [-0.39, 0.29) is 11.1 Å². The van der Waals surface area contributed by atoms with Crippen LogP contribution in [0.5, 0.6) is 0 Å². The molecule has 0 aromatic heterocycles. The van der Waals surface area contributed by atoms with E-state index in [0.717, 1.165) is 5.69 Å². The molecule has 0 N–H and O–H groups in total. The smallest absolute Gasteiger partial charge is 0.334 e. The number of hydrogen-bond donors (Lipinski definition) is 0. The Balaban J connectivity index is 2.32. The fraction of sp³-hybridized carbons (Fsp3) is 0.188. The lowest BCUT2D eigenvalue weighted by Crippen LogP contribution is -2.26. The Hall–Kier alpha value is -2.23. The molecule has 0 unspecified atom stereocenters. The molecule has 2 nitrogen and oxygen atoms in total. The Morgan fingerprint density at radius 1 is 0.950 bits per heavy atom. The van der Waals surface area contributed by atoms with Crippen LogP contribution in [0.15, 0.2) is 54.6 Å². The number of benzene rings is 2. The van der Waals surface area contributed by atoms with Gasteiger partial charge in [-0.25, -0.2) is 0 Å². The van der Waals surface area contributed by atoms with Gasteiger partial charge < -0.3 is 4.90 Å². The van der Waals surface area contributed by atoms with Crippen LogP contribution in [-0.2, 0) is 5.92 Å². The van der Waals surface area contributed by atoms with Crippen LogP contribution < -0.4 is 4.90 Å². The minimum absolute atomic E-state index is 0.00851. The lowest BCUT2D eigenvalue weighted by atomic mass is 9.98. The second-order valence-electron chi connectivity index (χ2n) is 4.71. The molecule has 0 saturated carbocycles. The predicted molar refractivity (Wildman–Crippen MR) is 75.4 cm³/mol. The van der Waals surface area contributed by atoms with Crippen molar-refractivity contribution in [2.24, 2.45) is 0 Å². The number of hydrogen-bond acceptors (Lipinski definition) is 2. The molecule has 4 heteroatoms. The summed E-state index contributed by atoms with van der Waals surface area (Å²) in [4.78, 5) is 13.7. The van der Waals surface area contributed by atoms with Gasteiger partial charge in [0.1, 0.15) is 0 Å². The van der Waals surface area contributed by atoms with Gasteiger partial charge in [-0.2, -0.15) is 8.78 Å². The van der Waals surface area contributed by atoms with E-state index in [0.29, 0.717) is 0 Å². The standard InChI is InChI=1S/C16H15F2NO/c1-19(2)14-10-8-13(9-11-14)16(17,18)15(20)12-6-4-3-5-7-12/h3-11H,1-2H3. The number of carbonyl (C=O) groups excluding carboxylic acids is 1. The molecule has 20 heavy (non-hydrogen) atoms. The highest BCUT2D eigenvalue weighted by Gasteiger charge is 2.41. The molecule has 0 saturated heterocycles. The average molecular weight is 275 g/mol. The minimum atomic E-state index is -3.52. The SMILES string of the molecule is CN(C)c1ccc(C(F)(F)C(=O)c2ccccc2)cc1. The van der Waals surface area contributed by atoms with E-state index in [9.17, 15) is 13.6 Å². The molecular weight excluding hydrogens is 260 g/mol. The van der Waals surface area contributed by atoms with Crippen LogP contribution in [0, 0.1) is 0 Å².